The molecule has 7 rings (SSSR count). The zero-order valence-electron chi connectivity index (χ0n) is 32.5. The predicted octanol–water partition coefficient (Wildman–Crippen LogP) is 3.47. The maximum absolute atomic E-state index is 14.3. The Morgan fingerprint density at radius 3 is 2.59 bits per heavy atom. The van der Waals surface area contributed by atoms with Gasteiger partial charge in [-0.15, -0.1) is 0 Å². The summed E-state index contributed by atoms with van der Waals surface area (Å²) in [4.78, 5) is 46.0. The Morgan fingerprint density at radius 2 is 1.88 bits per heavy atom. The highest BCUT2D eigenvalue weighted by molar-refractivity contribution is 6.11. The molecular formula is C44H53NO11. The van der Waals surface area contributed by atoms with Crippen molar-refractivity contribution in [1.29, 1.82) is 0 Å². The van der Waals surface area contributed by atoms with Crippen LogP contribution in [0.4, 0.5) is 0 Å². The van der Waals surface area contributed by atoms with Gasteiger partial charge in [0.05, 0.1) is 60.6 Å². The number of ether oxygens (including phenoxy) is 4. The summed E-state index contributed by atoms with van der Waals surface area (Å²) in [5.41, 5.74) is 2.38. The average molecular weight is 772 g/mol. The maximum Gasteiger partial charge on any atom is 0.375 e. The van der Waals surface area contributed by atoms with Crippen molar-refractivity contribution < 1.29 is 53.8 Å². The highest BCUT2D eigenvalue weighted by Gasteiger charge is 2.47. The van der Waals surface area contributed by atoms with Gasteiger partial charge in [-0.25, -0.2) is 4.79 Å². The van der Waals surface area contributed by atoms with Gasteiger partial charge in [-0.1, -0.05) is 44.3 Å². The number of Topliss-reactive ketones (excluding diaryl/α,β-unsaturated/α-hetero) is 1. The monoisotopic (exact) mass is 771 g/mol. The van der Waals surface area contributed by atoms with E-state index in [9.17, 15) is 34.8 Å². The van der Waals surface area contributed by atoms with Gasteiger partial charge in [0.25, 0.3) is 0 Å². The summed E-state index contributed by atoms with van der Waals surface area (Å²) < 4.78 is 25.1. The highest BCUT2D eigenvalue weighted by Crippen LogP contribution is 2.57. The van der Waals surface area contributed by atoms with Gasteiger partial charge >= 0.3 is 5.97 Å². The first kappa shape index (κ1) is 39.9. The summed E-state index contributed by atoms with van der Waals surface area (Å²) in [6, 6.07) is 4.01. The number of nitrogens with zero attached hydrogens (tertiary/aromatic N) is 1. The summed E-state index contributed by atoms with van der Waals surface area (Å²) >= 11 is 0. The minimum Gasteiger partial charge on any atom is -0.492 e. The molecule has 4 N–H and O–H groups in total. The van der Waals surface area contributed by atoms with Gasteiger partial charge in [0.1, 0.15) is 29.1 Å². The number of benzene rings is 2. The second kappa shape index (κ2) is 16.6. The SMILES string of the molecule is CCCCCCC(C)(O)C1Cc2c(c(CO)c3c4c2OCC(CO)CCc2cc5c(cc2C2CC(=C4C(C=O)=C(C(=O)OCC)O3)CC(CO)C2=O)=CCN=5)O1. The van der Waals surface area contributed by atoms with Crippen molar-refractivity contribution in [3.8, 4) is 17.2 Å². The largest absolute Gasteiger partial charge is 0.492 e. The van der Waals surface area contributed by atoms with Crippen LogP contribution in [-0.2, 0) is 38.6 Å². The van der Waals surface area contributed by atoms with E-state index in [0.29, 0.717) is 54.4 Å². The van der Waals surface area contributed by atoms with Crippen LogP contribution in [0.5, 0.6) is 17.2 Å². The Balaban J connectivity index is 1.50. The molecule has 1 fully saturated rings. The Morgan fingerprint density at radius 1 is 1.05 bits per heavy atom. The number of hydrogen-bond acceptors (Lipinski definition) is 12. The van der Waals surface area contributed by atoms with Gasteiger partial charge in [0, 0.05) is 41.9 Å². The van der Waals surface area contributed by atoms with E-state index in [2.05, 4.69) is 11.9 Å². The van der Waals surface area contributed by atoms with E-state index in [-0.39, 0.29) is 84.9 Å². The lowest BCUT2D eigenvalue weighted by molar-refractivity contribution is -0.141. The van der Waals surface area contributed by atoms with Crippen LogP contribution in [0.2, 0.25) is 0 Å². The topological polar surface area (TPSA) is 181 Å². The zero-order chi connectivity index (χ0) is 39.7. The van der Waals surface area contributed by atoms with Crippen LogP contribution in [0.1, 0.15) is 106 Å². The first-order valence-corrected chi connectivity index (χ1v) is 20.1. The van der Waals surface area contributed by atoms with E-state index in [1.54, 1.807) is 13.8 Å². The number of aliphatic hydroxyl groups is 4. The summed E-state index contributed by atoms with van der Waals surface area (Å²) in [5.74, 6) is -2.69. The van der Waals surface area contributed by atoms with Crippen molar-refractivity contribution in [2.24, 2.45) is 16.8 Å². The van der Waals surface area contributed by atoms with Gasteiger partial charge in [0.2, 0.25) is 5.76 Å². The molecule has 2 aromatic carbocycles. The molecule has 1 aliphatic carbocycles. The molecule has 1 saturated carbocycles. The normalized spacial score (nSPS) is 23.6. The standard InChI is InChI=1S/C44H53NO11/c1-4-6-7-8-12-44(3,52)35-18-31-39(55-35)33(22-49)41-37-36(32(21-48)42(56-41)43(51)53-5-2)27-14-28(20-47)38(50)30(16-27)29-15-26-11-13-45-34(26)17-25(29)10-9-24(19-46)23-54-40(31)37/h11,15,17,21,24,28,30,35,46-47,49,52H,4-10,12-14,16,18-20,22-23H2,1-3H3. The number of ketones is 1. The molecule has 300 valence electrons. The quantitative estimate of drug-likeness (QED) is 0.141. The number of unbranched alkanes of at least 4 members (excludes halogenated alkanes) is 3. The molecule has 2 bridgehead atoms. The van der Waals surface area contributed by atoms with Crippen LogP contribution in [0.25, 0.3) is 11.6 Å². The lowest BCUT2D eigenvalue weighted by Gasteiger charge is -2.34. The van der Waals surface area contributed by atoms with E-state index in [1.807, 2.05) is 18.2 Å². The lowest BCUT2D eigenvalue weighted by Crippen LogP contribution is -2.42. The second-order valence-electron chi connectivity index (χ2n) is 15.9. The third kappa shape index (κ3) is 7.21. The Bertz CT molecular complexity index is 2100. The van der Waals surface area contributed by atoms with Crippen molar-refractivity contribution in [2.75, 3.05) is 33.0 Å². The van der Waals surface area contributed by atoms with Crippen LogP contribution < -0.4 is 24.8 Å². The van der Waals surface area contributed by atoms with Gasteiger partial charge in [-0.2, -0.15) is 0 Å². The molecule has 2 aromatic rings. The molecule has 0 spiro atoms. The number of esters is 1. The molecule has 5 atom stereocenters. The molecule has 4 heterocycles. The Kier molecular flexibility index (Phi) is 11.8. The second-order valence-corrected chi connectivity index (χ2v) is 15.9. The number of aryl methyl sites for hydroxylation is 1. The van der Waals surface area contributed by atoms with Crippen LogP contribution in [0.3, 0.4) is 0 Å². The molecular weight excluding hydrogens is 718 g/mol. The first-order valence-electron chi connectivity index (χ1n) is 20.1. The van der Waals surface area contributed by atoms with E-state index >= 15 is 0 Å². The number of fused-ring (bicyclic) bond motifs is 7. The van der Waals surface area contributed by atoms with Crippen molar-refractivity contribution in [2.45, 2.75) is 109 Å². The lowest BCUT2D eigenvalue weighted by atomic mass is 9.70. The number of carbonyl (C=O) groups excluding carboxylic acids is 3. The van der Waals surface area contributed by atoms with Gasteiger partial charge < -0.3 is 39.4 Å². The van der Waals surface area contributed by atoms with Crippen LogP contribution in [0.15, 0.2) is 34.0 Å². The third-order valence-electron chi connectivity index (χ3n) is 12.2. The van der Waals surface area contributed by atoms with Gasteiger partial charge in [-0.05, 0) is 74.4 Å². The predicted molar refractivity (Wildman–Crippen MR) is 206 cm³/mol. The molecule has 0 amide bonds. The van der Waals surface area contributed by atoms with Gasteiger partial charge in [-0.3, -0.25) is 14.6 Å². The molecule has 56 heavy (non-hydrogen) atoms. The molecule has 12 heteroatoms. The summed E-state index contributed by atoms with van der Waals surface area (Å²) in [7, 11) is 0. The minimum atomic E-state index is -1.25. The zero-order valence-corrected chi connectivity index (χ0v) is 32.5. The first-order chi connectivity index (χ1) is 27.1. The van der Waals surface area contributed by atoms with E-state index in [0.717, 1.165) is 47.4 Å². The minimum absolute atomic E-state index is 0.00372. The van der Waals surface area contributed by atoms with Crippen LogP contribution in [0, 0.1) is 11.8 Å². The van der Waals surface area contributed by atoms with Crippen LogP contribution >= 0.6 is 0 Å². The van der Waals surface area contributed by atoms with Crippen molar-refractivity contribution in [3.63, 3.8) is 0 Å². The summed E-state index contributed by atoms with van der Waals surface area (Å²) in [5, 5.41) is 46.0. The smallest absolute Gasteiger partial charge is 0.375 e. The molecule has 0 radical (unpaired) electrons. The van der Waals surface area contributed by atoms with Crippen molar-refractivity contribution >= 4 is 29.7 Å². The molecule has 5 unspecified atom stereocenters. The number of aldehydes is 1. The van der Waals surface area contributed by atoms with E-state index < -0.39 is 42.7 Å². The van der Waals surface area contributed by atoms with Gasteiger partial charge in [0.15, 0.2) is 6.29 Å². The number of carbonyl (C=O) groups is 3. The average Bonchev–Trinajstić information content (AvgIpc) is 3.86. The van der Waals surface area contributed by atoms with E-state index in [1.165, 1.54) is 0 Å². The Labute approximate surface area is 326 Å². The summed E-state index contributed by atoms with van der Waals surface area (Å²) in [6.07, 6.45) is 7.64. The molecule has 0 aromatic heterocycles. The van der Waals surface area contributed by atoms with Crippen molar-refractivity contribution in [1.82, 2.24) is 0 Å². The van der Waals surface area contributed by atoms with E-state index in [4.69, 9.17) is 18.9 Å². The fourth-order valence-electron chi connectivity index (χ4n) is 9.06. The fourth-order valence-corrected chi connectivity index (χ4v) is 9.06. The Hall–Kier alpha value is -4.36. The number of allylic oxidation sites excluding steroid dienone is 3. The fraction of sp³-hybridized carbons (Fsp3) is 0.545. The molecule has 0 saturated heterocycles. The number of rotatable bonds is 12. The molecule has 12 nitrogen and oxygen atoms in total. The van der Waals surface area contributed by atoms with Crippen LogP contribution in [-0.4, -0.2) is 83.1 Å². The maximum atomic E-state index is 14.3. The number of aliphatic hydroxyl groups excluding tert-OH is 3. The number of hydrogen-bond donors (Lipinski definition) is 4. The van der Waals surface area contributed by atoms with Crippen molar-refractivity contribution in [3.05, 3.63) is 67.4 Å². The summed E-state index contributed by atoms with van der Waals surface area (Å²) in [6.45, 7) is 4.87. The molecule has 5 aliphatic rings. The molecule has 4 aliphatic heterocycles. The highest BCUT2D eigenvalue weighted by atomic mass is 16.6. The third-order valence-corrected chi connectivity index (χ3v) is 12.2.